The van der Waals surface area contributed by atoms with E-state index in [9.17, 15) is 4.79 Å². The van der Waals surface area contributed by atoms with Crippen molar-refractivity contribution in [2.45, 2.75) is 25.8 Å². The number of aryl methyl sites for hydroxylation is 1. The van der Waals surface area contributed by atoms with Crippen LogP contribution in [0.15, 0.2) is 0 Å². The van der Waals surface area contributed by atoms with E-state index in [0.29, 0.717) is 17.0 Å². The van der Waals surface area contributed by atoms with E-state index in [-0.39, 0.29) is 19.1 Å². The minimum Gasteiger partial charge on any atom is -0.394 e. The van der Waals surface area contributed by atoms with Crippen LogP contribution in [0.3, 0.4) is 0 Å². The van der Waals surface area contributed by atoms with Crippen molar-refractivity contribution in [3.05, 3.63) is 10.6 Å². The third kappa shape index (κ3) is 2.75. The minimum atomic E-state index is -1.02. The van der Waals surface area contributed by atoms with Crippen LogP contribution in [-0.2, 0) is 6.42 Å². The van der Waals surface area contributed by atoms with E-state index in [1.54, 1.807) is 6.92 Å². The molecule has 6 nitrogen and oxygen atoms in total. The lowest BCUT2D eigenvalue weighted by molar-refractivity contribution is 0.0726. The van der Waals surface area contributed by atoms with Crippen molar-refractivity contribution in [1.82, 2.24) is 14.9 Å². The smallest absolute Gasteiger partial charge is 0.265 e. The molecule has 0 aromatic carbocycles. The maximum atomic E-state index is 11.8. The third-order valence-electron chi connectivity index (χ3n) is 2.21. The van der Waals surface area contributed by atoms with Gasteiger partial charge in [-0.2, -0.15) is 0 Å². The molecule has 0 aliphatic heterocycles. The zero-order valence-corrected chi connectivity index (χ0v) is 10.0. The fourth-order valence-corrected chi connectivity index (χ4v) is 1.72. The molecule has 0 radical (unpaired) electrons. The highest BCUT2D eigenvalue weighted by Crippen LogP contribution is 2.12. The SMILES string of the molecule is CCc1nnsc1C(=O)NC(C)(CO)CO. The molecule has 0 saturated carbocycles. The summed E-state index contributed by atoms with van der Waals surface area (Å²) in [5.41, 5.74) is -0.396. The largest absolute Gasteiger partial charge is 0.394 e. The second kappa shape index (κ2) is 5.33. The number of nitrogens with one attached hydrogen (secondary N) is 1. The molecule has 1 amide bonds. The molecule has 0 aliphatic rings. The Labute approximate surface area is 97.5 Å². The average Bonchev–Trinajstić information content (AvgIpc) is 2.76. The summed E-state index contributed by atoms with van der Waals surface area (Å²) in [7, 11) is 0. The zero-order valence-electron chi connectivity index (χ0n) is 9.23. The lowest BCUT2D eigenvalue weighted by Crippen LogP contribution is -2.51. The summed E-state index contributed by atoms with van der Waals surface area (Å²) >= 11 is 1.01. The number of aromatic nitrogens is 2. The van der Waals surface area contributed by atoms with Crippen molar-refractivity contribution in [3.8, 4) is 0 Å². The highest BCUT2D eigenvalue weighted by molar-refractivity contribution is 7.08. The number of amides is 1. The van der Waals surface area contributed by atoms with Crippen molar-refractivity contribution < 1.29 is 15.0 Å². The summed E-state index contributed by atoms with van der Waals surface area (Å²) in [6, 6.07) is 0. The highest BCUT2D eigenvalue weighted by Gasteiger charge is 2.27. The van der Waals surface area contributed by atoms with Crippen molar-refractivity contribution in [1.29, 1.82) is 0 Å². The minimum absolute atomic E-state index is 0.330. The van der Waals surface area contributed by atoms with Crippen LogP contribution >= 0.6 is 11.5 Å². The maximum Gasteiger partial charge on any atom is 0.265 e. The molecule has 1 rings (SSSR count). The lowest BCUT2D eigenvalue weighted by atomic mass is 10.1. The molecule has 0 bridgehead atoms. The number of hydrogen-bond acceptors (Lipinski definition) is 6. The van der Waals surface area contributed by atoms with Gasteiger partial charge in [-0.15, -0.1) is 5.10 Å². The Morgan fingerprint density at radius 1 is 1.50 bits per heavy atom. The van der Waals surface area contributed by atoms with Crippen LogP contribution in [0.2, 0.25) is 0 Å². The van der Waals surface area contributed by atoms with Crippen LogP contribution in [-0.4, -0.2) is 44.5 Å². The van der Waals surface area contributed by atoms with Gasteiger partial charge in [0.05, 0.1) is 24.4 Å². The topological polar surface area (TPSA) is 95.3 Å². The van der Waals surface area contributed by atoms with Crippen molar-refractivity contribution in [2.75, 3.05) is 13.2 Å². The van der Waals surface area contributed by atoms with Gasteiger partial charge in [0.25, 0.3) is 5.91 Å². The number of rotatable bonds is 5. The molecule has 3 N–H and O–H groups in total. The highest BCUT2D eigenvalue weighted by atomic mass is 32.1. The Hall–Kier alpha value is -1.05. The molecular weight excluding hydrogens is 230 g/mol. The van der Waals surface area contributed by atoms with Crippen LogP contribution in [0.5, 0.6) is 0 Å². The summed E-state index contributed by atoms with van der Waals surface area (Å²) < 4.78 is 3.70. The van der Waals surface area contributed by atoms with Gasteiger partial charge in [-0.3, -0.25) is 4.79 Å². The molecule has 0 aliphatic carbocycles. The zero-order chi connectivity index (χ0) is 12.2. The fourth-order valence-electron chi connectivity index (χ4n) is 1.07. The molecule has 1 aromatic rings. The Morgan fingerprint density at radius 2 is 2.12 bits per heavy atom. The second-order valence-electron chi connectivity index (χ2n) is 3.73. The van der Waals surface area contributed by atoms with E-state index >= 15 is 0 Å². The number of carbonyl (C=O) groups excluding carboxylic acids is 1. The molecule has 16 heavy (non-hydrogen) atoms. The first-order valence-corrected chi connectivity index (χ1v) is 5.69. The van der Waals surface area contributed by atoms with E-state index in [0.717, 1.165) is 11.5 Å². The molecule has 0 spiro atoms. The van der Waals surface area contributed by atoms with Gasteiger partial charge in [0.2, 0.25) is 0 Å². The monoisotopic (exact) mass is 245 g/mol. The Morgan fingerprint density at radius 3 is 2.62 bits per heavy atom. The predicted octanol–water partition coefficient (Wildman–Crippen LogP) is -0.426. The standard InChI is InChI=1S/C9H15N3O3S/c1-3-6-7(16-12-11-6)8(15)10-9(2,4-13)5-14/h13-14H,3-5H2,1-2H3,(H,10,15). The third-order valence-corrected chi connectivity index (χ3v) is 2.98. The van der Waals surface area contributed by atoms with Crippen molar-refractivity contribution >= 4 is 17.4 Å². The van der Waals surface area contributed by atoms with Crippen LogP contribution in [0.4, 0.5) is 0 Å². The first-order valence-electron chi connectivity index (χ1n) is 4.91. The summed E-state index contributed by atoms with van der Waals surface area (Å²) in [6.45, 7) is 2.78. The van der Waals surface area contributed by atoms with Gasteiger partial charge in [0.15, 0.2) is 0 Å². The van der Waals surface area contributed by atoms with Crippen molar-refractivity contribution in [2.24, 2.45) is 0 Å². The molecule has 1 aromatic heterocycles. The van der Waals surface area contributed by atoms with Gasteiger partial charge in [0.1, 0.15) is 4.88 Å². The number of carbonyl (C=O) groups is 1. The summed E-state index contributed by atoms with van der Waals surface area (Å²) in [4.78, 5) is 12.2. The van der Waals surface area contributed by atoms with Gasteiger partial charge in [-0.25, -0.2) is 0 Å². The van der Waals surface area contributed by atoms with Gasteiger partial charge in [-0.05, 0) is 24.9 Å². The van der Waals surface area contributed by atoms with Gasteiger partial charge in [-0.1, -0.05) is 11.4 Å². The fraction of sp³-hybridized carbons (Fsp3) is 0.667. The lowest BCUT2D eigenvalue weighted by Gasteiger charge is -2.25. The van der Waals surface area contributed by atoms with Crippen LogP contribution in [0, 0.1) is 0 Å². The van der Waals surface area contributed by atoms with E-state index in [1.165, 1.54) is 0 Å². The first kappa shape index (κ1) is 13.0. The molecule has 0 saturated heterocycles. The van der Waals surface area contributed by atoms with E-state index < -0.39 is 5.54 Å². The molecule has 7 heteroatoms. The Kier molecular flexibility index (Phi) is 4.34. The number of nitrogens with zero attached hydrogens (tertiary/aromatic N) is 2. The predicted molar refractivity (Wildman–Crippen MR) is 59.3 cm³/mol. The molecule has 0 atom stereocenters. The summed E-state index contributed by atoms with van der Waals surface area (Å²) in [6.07, 6.45) is 0.619. The number of hydrogen-bond donors (Lipinski definition) is 3. The van der Waals surface area contributed by atoms with Crippen molar-refractivity contribution in [3.63, 3.8) is 0 Å². The van der Waals surface area contributed by atoms with Gasteiger partial charge < -0.3 is 15.5 Å². The molecular formula is C9H15N3O3S. The van der Waals surface area contributed by atoms with Gasteiger partial charge >= 0.3 is 0 Å². The van der Waals surface area contributed by atoms with E-state index in [4.69, 9.17) is 10.2 Å². The maximum absolute atomic E-state index is 11.8. The van der Waals surface area contributed by atoms with Crippen LogP contribution in [0.1, 0.15) is 29.2 Å². The molecule has 0 unspecified atom stereocenters. The van der Waals surface area contributed by atoms with Crippen LogP contribution < -0.4 is 5.32 Å². The molecule has 0 fully saturated rings. The number of aliphatic hydroxyl groups is 2. The molecule has 1 heterocycles. The van der Waals surface area contributed by atoms with E-state index in [2.05, 4.69) is 14.9 Å². The first-order chi connectivity index (χ1) is 7.56. The Bertz CT molecular complexity index is 363. The van der Waals surface area contributed by atoms with E-state index in [1.807, 2.05) is 6.92 Å². The van der Waals surface area contributed by atoms with Gasteiger partial charge in [0, 0.05) is 0 Å². The second-order valence-corrected chi connectivity index (χ2v) is 4.49. The summed E-state index contributed by atoms with van der Waals surface area (Å²) in [5, 5.41) is 24.5. The average molecular weight is 245 g/mol. The quantitative estimate of drug-likeness (QED) is 0.654. The Balaban J connectivity index is 2.80. The summed E-state index contributed by atoms with van der Waals surface area (Å²) in [5.74, 6) is -0.363. The normalized spacial score (nSPS) is 11.5. The van der Waals surface area contributed by atoms with Crippen LogP contribution in [0.25, 0.3) is 0 Å². The number of aliphatic hydroxyl groups excluding tert-OH is 2. The molecule has 90 valence electrons.